The molecule has 2 N–H and O–H groups in total. The van der Waals surface area contributed by atoms with Crippen molar-refractivity contribution in [2.45, 2.75) is 43.4 Å². The molecule has 0 aromatic heterocycles. The van der Waals surface area contributed by atoms with E-state index in [1.165, 1.54) is 62.4 Å². The summed E-state index contributed by atoms with van der Waals surface area (Å²) in [5.74, 6) is -1.30. The van der Waals surface area contributed by atoms with Crippen LogP contribution in [0.2, 0.25) is 0 Å². The number of rotatable bonds is 4. The molecule has 0 aliphatic heterocycles. The van der Waals surface area contributed by atoms with Crippen LogP contribution < -0.4 is 4.74 Å². The summed E-state index contributed by atoms with van der Waals surface area (Å²) in [4.78, 5) is 13.3. The Kier molecular flexibility index (Phi) is 6.16. The first-order valence-electron chi connectivity index (χ1n) is 17.6. The quantitative estimate of drug-likeness (QED) is 0.107. The zero-order valence-corrected chi connectivity index (χ0v) is 30.6. The van der Waals surface area contributed by atoms with E-state index in [1.54, 1.807) is 12.1 Å². The van der Waals surface area contributed by atoms with Gasteiger partial charge >= 0.3 is 0 Å². The largest absolute Gasteiger partial charge is 0.507 e. The monoisotopic (exact) mass is 714 g/mol. The minimum atomic E-state index is -4.73. The van der Waals surface area contributed by atoms with Crippen LogP contribution in [0.5, 0.6) is 11.5 Å². The van der Waals surface area contributed by atoms with Crippen molar-refractivity contribution >= 4 is 59.0 Å². The number of aromatic hydroxyl groups is 1. The third-order valence-corrected chi connectivity index (χ3v) is 13.0. The SMILES string of the molecule is COc1cc(O)c(C(=O)c2cc3ccc4cc5c(c6ccc(c2)c3c46)-c2cc3c(cc2C5(C)C)-c2c(ccc4ccccc24)C3(C)C)cc1S(=O)(=O)O. The second kappa shape index (κ2) is 10.2. The standard InChI is InChI=1S/C46H34O6S/c1-45(2)33-15-13-23-8-6-7-9-28(23)42(33)30-19-35-31(20-34(30)45)43-29-14-12-25-17-27(44(48)32-21-39(53(49,50)51)38(52-5)22-37(32)47)16-24-10-11-26(41(29)40(24)25)18-36(43)46(35,3)4/h6-22,47H,1-5H3,(H,49,50,51). The van der Waals surface area contributed by atoms with Crippen molar-refractivity contribution < 1.29 is 27.6 Å². The fourth-order valence-electron chi connectivity index (χ4n) is 9.48. The van der Waals surface area contributed by atoms with Gasteiger partial charge in [0.25, 0.3) is 10.1 Å². The molecule has 8 aromatic rings. The molecule has 7 heteroatoms. The van der Waals surface area contributed by atoms with Gasteiger partial charge in [-0.15, -0.1) is 0 Å². The number of phenols is 1. The third kappa shape index (κ3) is 4.12. The number of ether oxygens (including phenoxy) is 1. The molecule has 0 fully saturated rings. The molecule has 0 atom stereocenters. The van der Waals surface area contributed by atoms with E-state index >= 15 is 0 Å². The van der Waals surface area contributed by atoms with Crippen LogP contribution in [0.25, 0.3) is 65.3 Å². The molecular formula is C46H34O6S. The van der Waals surface area contributed by atoms with Gasteiger partial charge in [-0.25, -0.2) is 0 Å². The molecule has 6 nitrogen and oxygen atoms in total. The lowest BCUT2D eigenvalue weighted by Crippen LogP contribution is -2.17. The van der Waals surface area contributed by atoms with E-state index in [-0.39, 0.29) is 27.7 Å². The molecule has 0 amide bonds. The number of carbonyl (C=O) groups excluding carboxylic acids is 1. The molecule has 0 saturated carbocycles. The average molecular weight is 715 g/mol. The fraction of sp³-hybridized carbons (Fsp3) is 0.152. The van der Waals surface area contributed by atoms with Gasteiger partial charge in [-0.05, 0) is 124 Å². The van der Waals surface area contributed by atoms with Crippen molar-refractivity contribution in [3.8, 4) is 33.8 Å². The van der Waals surface area contributed by atoms with E-state index < -0.39 is 26.5 Å². The van der Waals surface area contributed by atoms with Crippen LogP contribution in [0.3, 0.4) is 0 Å². The Morgan fingerprint density at radius 2 is 1.21 bits per heavy atom. The number of fused-ring (bicyclic) bond motifs is 9. The van der Waals surface area contributed by atoms with Crippen molar-refractivity contribution in [2.75, 3.05) is 7.11 Å². The van der Waals surface area contributed by atoms with Gasteiger partial charge in [-0.2, -0.15) is 8.42 Å². The third-order valence-electron chi connectivity index (χ3n) is 12.1. The lowest BCUT2D eigenvalue weighted by Gasteiger charge is -2.24. The topological polar surface area (TPSA) is 101 Å². The first kappa shape index (κ1) is 31.9. The zero-order chi connectivity index (χ0) is 36.9. The highest BCUT2D eigenvalue weighted by Gasteiger charge is 2.43. The lowest BCUT2D eigenvalue weighted by molar-refractivity contribution is 0.103. The van der Waals surface area contributed by atoms with Gasteiger partial charge in [0.1, 0.15) is 16.4 Å². The van der Waals surface area contributed by atoms with Crippen molar-refractivity contribution in [1.82, 2.24) is 0 Å². The van der Waals surface area contributed by atoms with E-state index in [2.05, 4.69) is 94.4 Å². The molecule has 0 bridgehead atoms. The normalized spacial score (nSPS) is 15.2. The molecule has 53 heavy (non-hydrogen) atoms. The molecule has 0 spiro atoms. The Bertz CT molecular complexity index is 3080. The number of methoxy groups -OCH3 is 1. The molecule has 0 saturated heterocycles. The number of phenolic OH excluding ortho intramolecular Hbond substituents is 1. The molecule has 260 valence electrons. The van der Waals surface area contributed by atoms with Crippen LogP contribution in [0.15, 0.2) is 108 Å². The molecular weight excluding hydrogens is 681 g/mol. The molecule has 0 unspecified atom stereocenters. The van der Waals surface area contributed by atoms with Crippen molar-refractivity contribution in [3.05, 3.63) is 137 Å². The number of hydrogen-bond donors (Lipinski definition) is 2. The minimum Gasteiger partial charge on any atom is -0.507 e. The van der Waals surface area contributed by atoms with Crippen LogP contribution in [0, 0.1) is 0 Å². The Morgan fingerprint density at radius 3 is 1.87 bits per heavy atom. The van der Waals surface area contributed by atoms with Gasteiger partial charge in [0.05, 0.1) is 12.7 Å². The molecule has 10 rings (SSSR count). The zero-order valence-electron chi connectivity index (χ0n) is 29.8. The van der Waals surface area contributed by atoms with E-state index in [9.17, 15) is 22.9 Å². The summed E-state index contributed by atoms with van der Waals surface area (Å²) in [5, 5.41) is 19.4. The fourth-order valence-corrected chi connectivity index (χ4v) is 10.1. The van der Waals surface area contributed by atoms with Gasteiger partial charge in [0, 0.05) is 22.5 Å². The number of benzene rings is 8. The first-order chi connectivity index (χ1) is 25.2. The van der Waals surface area contributed by atoms with Gasteiger partial charge in [-0.3, -0.25) is 9.35 Å². The highest BCUT2D eigenvalue weighted by atomic mass is 32.2. The number of carbonyl (C=O) groups is 1. The summed E-state index contributed by atoms with van der Waals surface area (Å²) in [6, 6.07) is 34.3. The second-order valence-electron chi connectivity index (χ2n) is 15.6. The van der Waals surface area contributed by atoms with Crippen molar-refractivity contribution in [2.24, 2.45) is 0 Å². The maximum absolute atomic E-state index is 13.9. The predicted octanol–water partition coefficient (Wildman–Crippen LogP) is 10.5. The van der Waals surface area contributed by atoms with E-state index in [0.717, 1.165) is 44.5 Å². The Labute approximate surface area is 306 Å². The highest BCUT2D eigenvalue weighted by Crippen LogP contribution is 2.59. The van der Waals surface area contributed by atoms with Crippen LogP contribution in [-0.2, 0) is 20.9 Å². The Balaban J connectivity index is 1.18. The first-order valence-corrected chi connectivity index (χ1v) is 19.1. The van der Waals surface area contributed by atoms with E-state index in [4.69, 9.17) is 4.74 Å². The Hall–Kier alpha value is -5.76. The summed E-state index contributed by atoms with van der Waals surface area (Å²) in [5.41, 5.74) is 10.0. The van der Waals surface area contributed by atoms with E-state index in [0.29, 0.717) is 0 Å². The molecule has 2 aliphatic rings. The molecule has 8 aromatic carbocycles. The van der Waals surface area contributed by atoms with Gasteiger partial charge in [0.2, 0.25) is 0 Å². The summed E-state index contributed by atoms with van der Waals surface area (Å²) in [6.07, 6.45) is 0. The van der Waals surface area contributed by atoms with Crippen LogP contribution in [0.4, 0.5) is 0 Å². The van der Waals surface area contributed by atoms with E-state index in [1.807, 2.05) is 12.1 Å². The Morgan fingerprint density at radius 1 is 0.623 bits per heavy atom. The van der Waals surface area contributed by atoms with Gasteiger partial charge < -0.3 is 9.84 Å². The summed E-state index contributed by atoms with van der Waals surface area (Å²) in [7, 11) is -3.52. The lowest BCUT2D eigenvalue weighted by atomic mass is 9.79. The van der Waals surface area contributed by atoms with Crippen LogP contribution >= 0.6 is 0 Å². The predicted molar refractivity (Wildman–Crippen MR) is 211 cm³/mol. The second-order valence-corrected chi connectivity index (χ2v) is 17.0. The molecule has 0 radical (unpaired) electrons. The minimum absolute atomic E-state index is 0.177. The summed E-state index contributed by atoms with van der Waals surface area (Å²) < 4.78 is 39.0. The van der Waals surface area contributed by atoms with Gasteiger partial charge in [-0.1, -0.05) is 88.4 Å². The van der Waals surface area contributed by atoms with Crippen molar-refractivity contribution in [1.29, 1.82) is 0 Å². The highest BCUT2D eigenvalue weighted by molar-refractivity contribution is 7.86. The summed E-state index contributed by atoms with van der Waals surface area (Å²) >= 11 is 0. The number of hydrogen-bond acceptors (Lipinski definition) is 5. The molecule has 2 aliphatic carbocycles. The summed E-state index contributed by atoms with van der Waals surface area (Å²) in [6.45, 7) is 9.31. The van der Waals surface area contributed by atoms with Crippen molar-refractivity contribution in [3.63, 3.8) is 0 Å². The number of ketones is 1. The van der Waals surface area contributed by atoms with Gasteiger partial charge in [0.15, 0.2) is 5.78 Å². The molecule has 0 heterocycles. The van der Waals surface area contributed by atoms with Crippen LogP contribution in [0.1, 0.15) is 65.9 Å². The van der Waals surface area contributed by atoms with Crippen LogP contribution in [-0.4, -0.2) is 31.0 Å². The maximum atomic E-state index is 13.9. The average Bonchev–Trinajstić information content (AvgIpc) is 3.50. The maximum Gasteiger partial charge on any atom is 0.298 e. The smallest absolute Gasteiger partial charge is 0.298 e.